The molecule has 2 heterocycles. The molecule has 1 unspecified atom stereocenters. The summed E-state index contributed by atoms with van der Waals surface area (Å²) in [5.74, 6) is 0. The molecule has 0 saturated carbocycles. The number of hydrogen-bond donors (Lipinski definition) is 1. The fourth-order valence-corrected chi connectivity index (χ4v) is 3.11. The second-order valence-corrected chi connectivity index (χ2v) is 5.87. The van der Waals surface area contributed by atoms with Crippen LogP contribution in [0, 0.1) is 13.8 Å². The first-order valence-corrected chi connectivity index (χ1v) is 7.07. The smallest absolute Gasteiger partial charge is 0.0846 e. The number of aryl methyl sites for hydroxylation is 3. The summed E-state index contributed by atoms with van der Waals surface area (Å²) in [6, 6.07) is 2.62. The van der Waals surface area contributed by atoms with Gasteiger partial charge in [-0.15, -0.1) is 16.4 Å². The first-order valence-electron chi connectivity index (χ1n) is 6.25. The number of nitrogens with one attached hydrogen (secondary N) is 1. The van der Waals surface area contributed by atoms with Crippen LogP contribution < -0.4 is 5.32 Å². The molecule has 1 N–H and O–H groups in total. The summed E-state index contributed by atoms with van der Waals surface area (Å²) in [7, 11) is 1.90. The minimum Gasteiger partial charge on any atom is -0.309 e. The lowest BCUT2D eigenvalue weighted by atomic mass is 10.1. The monoisotopic (exact) mass is 264 g/mol. The molecule has 0 aliphatic heterocycles. The first kappa shape index (κ1) is 13.2. The zero-order valence-corrected chi connectivity index (χ0v) is 12.2. The van der Waals surface area contributed by atoms with Crippen molar-refractivity contribution in [1.29, 1.82) is 0 Å². The second-order valence-electron chi connectivity index (χ2n) is 4.59. The summed E-state index contributed by atoms with van der Waals surface area (Å²) in [5, 5.41) is 11.7. The van der Waals surface area contributed by atoms with Crippen molar-refractivity contribution in [3.63, 3.8) is 0 Å². The Labute approximate surface area is 112 Å². The highest BCUT2D eigenvalue weighted by atomic mass is 32.1. The highest BCUT2D eigenvalue weighted by molar-refractivity contribution is 7.12. The van der Waals surface area contributed by atoms with Gasteiger partial charge in [0.15, 0.2) is 0 Å². The van der Waals surface area contributed by atoms with Gasteiger partial charge in [0.25, 0.3) is 0 Å². The van der Waals surface area contributed by atoms with Crippen molar-refractivity contribution >= 4 is 11.3 Å². The van der Waals surface area contributed by atoms with Gasteiger partial charge in [0.1, 0.15) is 0 Å². The van der Waals surface area contributed by atoms with Gasteiger partial charge in [-0.05, 0) is 32.0 Å². The molecule has 0 aliphatic carbocycles. The summed E-state index contributed by atoms with van der Waals surface area (Å²) in [6.45, 7) is 7.44. The average molecular weight is 264 g/mol. The zero-order chi connectivity index (χ0) is 13.1. The normalized spacial score (nSPS) is 12.9. The van der Waals surface area contributed by atoms with Gasteiger partial charge in [0.2, 0.25) is 0 Å². The van der Waals surface area contributed by atoms with Crippen LogP contribution in [0.2, 0.25) is 0 Å². The van der Waals surface area contributed by atoms with E-state index in [2.05, 4.69) is 42.5 Å². The van der Waals surface area contributed by atoms with Crippen molar-refractivity contribution in [2.24, 2.45) is 7.05 Å². The molecular weight excluding hydrogens is 244 g/mol. The second kappa shape index (κ2) is 5.63. The van der Waals surface area contributed by atoms with Crippen molar-refractivity contribution in [3.05, 3.63) is 33.3 Å². The van der Waals surface area contributed by atoms with Crippen LogP contribution in [-0.2, 0) is 13.5 Å². The van der Waals surface area contributed by atoms with Gasteiger partial charge in [-0.1, -0.05) is 12.1 Å². The van der Waals surface area contributed by atoms with Gasteiger partial charge in [-0.2, -0.15) is 0 Å². The van der Waals surface area contributed by atoms with E-state index < -0.39 is 0 Å². The molecule has 0 amide bonds. The van der Waals surface area contributed by atoms with Crippen LogP contribution in [0.25, 0.3) is 0 Å². The highest BCUT2D eigenvalue weighted by Gasteiger charge is 2.16. The van der Waals surface area contributed by atoms with E-state index in [4.69, 9.17) is 0 Å². The van der Waals surface area contributed by atoms with E-state index in [1.807, 2.05) is 24.6 Å². The van der Waals surface area contributed by atoms with Gasteiger partial charge in [0, 0.05) is 35.5 Å². The van der Waals surface area contributed by atoms with Gasteiger partial charge in [-0.3, -0.25) is 4.68 Å². The van der Waals surface area contributed by atoms with E-state index in [0.29, 0.717) is 6.04 Å². The molecular formula is C13H20N4S. The fraction of sp³-hybridized carbons (Fsp3) is 0.538. The molecule has 2 aromatic rings. The molecule has 0 bridgehead atoms. The molecule has 4 nitrogen and oxygen atoms in total. The lowest BCUT2D eigenvalue weighted by Gasteiger charge is -2.14. The molecule has 18 heavy (non-hydrogen) atoms. The summed E-state index contributed by atoms with van der Waals surface area (Å²) in [4.78, 5) is 2.78. The van der Waals surface area contributed by atoms with Gasteiger partial charge < -0.3 is 5.32 Å². The molecule has 2 aromatic heterocycles. The van der Waals surface area contributed by atoms with Gasteiger partial charge >= 0.3 is 0 Å². The lowest BCUT2D eigenvalue weighted by Crippen LogP contribution is -2.22. The maximum Gasteiger partial charge on any atom is 0.0846 e. The predicted molar refractivity (Wildman–Crippen MR) is 74.9 cm³/mol. The Bertz CT molecular complexity index is 495. The van der Waals surface area contributed by atoms with Gasteiger partial charge in [-0.25, -0.2) is 0 Å². The average Bonchev–Trinajstić information content (AvgIpc) is 2.86. The minimum atomic E-state index is 0.337. The van der Waals surface area contributed by atoms with Crippen molar-refractivity contribution in [3.8, 4) is 0 Å². The van der Waals surface area contributed by atoms with Crippen molar-refractivity contribution in [1.82, 2.24) is 20.3 Å². The number of hydrogen-bond acceptors (Lipinski definition) is 4. The van der Waals surface area contributed by atoms with Crippen LogP contribution >= 0.6 is 11.3 Å². The topological polar surface area (TPSA) is 42.7 Å². The molecule has 98 valence electrons. The maximum absolute atomic E-state index is 4.17. The van der Waals surface area contributed by atoms with Crippen LogP contribution in [0.5, 0.6) is 0 Å². The number of aromatic nitrogens is 3. The highest BCUT2D eigenvalue weighted by Crippen LogP contribution is 2.28. The van der Waals surface area contributed by atoms with Crippen LogP contribution in [-0.4, -0.2) is 21.5 Å². The number of rotatable bonds is 5. The van der Waals surface area contributed by atoms with Crippen molar-refractivity contribution in [2.45, 2.75) is 33.2 Å². The fourth-order valence-electron chi connectivity index (χ4n) is 1.99. The Morgan fingerprint density at radius 2 is 2.22 bits per heavy atom. The Morgan fingerprint density at radius 3 is 2.72 bits per heavy atom. The summed E-state index contributed by atoms with van der Waals surface area (Å²) >= 11 is 1.87. The van der Waals surface area contributed by atoms with Gasteiger partial charge in [0.05, 0.1) is 5.69 Å². The zero-order valence-electron chi connectivity index (χ0n) is 11.4. The summed E-state index contributed by atoms with van der Waals surface area (Å²) < 4.78 is 1.75. The Balaban J connectivity index is 2.17. The molecule has 0 aliphatic rings. The van der Waals surface area contributed by atoms with E-state index in [1.54, 1.807) is 4.68 Å². The summed E-state index contributed by atoms with van der Waals surface area (Å²) in [5.41, 5.74) is 2.41. The van der Waals surface area contributed by atoms with E-state index >= 15 is 0 Å². The number of thiophene rings is 1. The van der Waals surface area contributed by atoms with Crippen molar-refractivity contribution in [2.75, 3.05) is 6.54 Å². The van der Waals surface area contributed by atoms with Crippen LogP contribution in [0.4, 0.5) is 0 Å². The molecule has 2 rings (SSSR count). The standard InChI is InChI=1S/C13H20N4S/c1-5-14-12(7-11-8-17(4)16-15-11)13-6-9(2)10(3)18-13/h6,8,12,14H,5,7H2,1-4H3. The van der Waals surface area contributed by atoms with Crippen LogP contribution in [0.1, 0.15) is 34.0 Å². The van der Waals surface area contributed by atoms with E-state index in [9.17, 15) is 0 Å². The van der Waals surface area contributed by atoms with Crippen LogP contribution in [0.3, 0.4) is 0 Å². The third-order valence-electron chi connectivity index (χ3n) is 3.04. The molecule has 0 aromatic carbocycles. The Kier molecular flexibility index (Phi) is 4.14. The molecule has 5 heteroatoms. The third kappa shape index (κ3) is 2.97. The number of likely N-dealkylation sites (N-methyl/N-ethyl adjacent to an activating group) is 1. The Hall–Kier alpha value is -1.20. The molecule has 0 saturated heterocycles. The molecule has 1 atom stereocenters. The third-order valence-corrected chi connectivity index (χ3v) is 4.31. The molecule has 0 fully saturated rings. The molecule has 0 radical (unpaired) electrons. The largest absolute Gasteiger partial charge is 0.309 e. The van der Waals surface area contributed by atoms with E-state index in [-0.39, 0.29) is 0 Å². The minimum absolute atomic E-state index is 0.337. The van der Waals surface area contributed by atoms with E-state index in [0.717, 1.165) is 18.7 Å². The number of nitrogens with zero attached hydrogens (tertiary/aromatic N) is 3. The quantitative estimate of drug-likeness (QED) is 0.901. The summed E-state index contributed by atoms with van der Waals surface area (Å²) in [6.07, 6.45) is 2.87. The predicted octanol–water partition coefficient (Wildman–Crippen LogP) is 2.39. The van der Waals surface area contributed by atoms with Crippen molar-refractivity contribution < 1.29 is 0 Å². The maximum atomic E-state index is 4.17. The SMILES string of the molecule is CCNC(Cc1cn(C)nn1)c1cc(C)c(C)s1. The van der Waals surface area contributed by atoms with E-state index in [1.165, 1.54) is 15.3 Å². The molecule has 0 spiro atoms. The lowest BCUT2D eigenvalue weighted by molar-refractivity contribution is 0.551. The Morgan fingerprint density at radius 1 is 1.44 bits per heavy atom. The van der Waals surface area contributed by atoms with Crippen LogP contribution in [0.15, 0.2) is 12.3 Å². The first-order chi connectivity index (χ1) is 8.60.